The maximum absolute atomic E-state index is 12.8. The van der Waals surface area contributed by atoms with Crippen LogP contribution in [0.1, 0.15) is 32.9 Å². The van der Waals surface area contributed by atoms with Crippen molar-refractivity contribution in [1.29, 1.82) is 0 Å². The van der Waals surface area contributed by atoms with E-state index in [1.807, 2.05) is 23.1 Å². The molecule has 3 aromatic rings. The second kappa shape index (κ2) is 7.96. The Morgan fingerprint density at radius 3 is 2.36 bits per heavy atom. The van der Waals surface area contributed by atoms with E-state index in [9.17, 15) is 9.59 Å². The maximum Gasteiger partial charge on any atom is 0.291 e. The molecule has 1 aromatic heterocycles. The van der Waals surface area contributed by atoms with Gasteiger partial charge in [0.25, 0.3) is 11.8 Å². The Hall–Kier alpha value is -3.60. The molecular weight excluding hydrogens is 352 g/mol. The van der Waals surface area contributed by atoms with Gasteiger partial charge in [0.1, 0.15) is 0 Å². The molecule has 1 aliphatic heterocycles. The zero-order chi connectivity index (χ0) is 19.3. The molecule has 2 heterocycles. The molecular formula is C23H20N2O3. The summed E-state index contributed by atoms with van der Waals surface area (Å²) in [5.74, 6) is -0.0829. The van der Waals surface area contributed by atoms with Crippen molar-refractivity contribution in [3.63, 3.8) is 0 Å². The molecule has 28 heavy (non-hydrogen) atoms. The number of furan rings is 1. The lowest BCUT2D eigenvalue weighted by Gasteiger charge is -2.27. The molecule has 0 saturated heterocycles. The number of hydrogen-bond acceptors (Lipinski definition) is 3. The van der Waals surface area contributed by atoms with E-state index in [1.54, 1.807) is 36.4 Å². The van der Waals surface area contributed by atoms with Gasteiger partial charge in [-0.25, -0.2) is 0 Å². The van der Waals surface area contributed by atoms with Gasteiger partial charge < -0.3 is 14.6 Å². The summed E-state index contributed by atoms with van der Waals surface area (Å²) in [5, 5.41) is 2.75. The van der Waals surface area contributed by atoms with E-state index in [-0.39, 0.29) is 17.6 Å². The van der Waals surface area contributed by atoms with E-state index in [2.05, 4.69) is 23.5 Å². The van der Waals surface area contributed by atoms with Crippen LogP contribution < -0.4 is 5.32 Å². The average molecular weight is 372 g/mol. The Labute approximate surface area is 163 Å². The minimum absolute atomic E-state index is 0.00715. The molecule has 140 valence electrons. The van der Waals surface area contributed by atoms with Crippen molar-refractivity contribution in [3.05, 3.63) is 96.0 Å². The molecule has 0 fully saturated rings. The van der Waals surface area contributed by atoms with E-state index in [4.69, 9.17) is 4.42 Å². The van der Waals surface area contributed by atoms with E-state index in [0.717, 1.165) is 6.42 Å². The van der Waals surface area contributed by atoms with Crippen LogP contribution in [-0.4, -0.2) is 29.8 Å². The third-order valence-corrected chi connectivity index (χ3v) is 4.78. The molecule has 2 amide bonds. The number of rotatable bonds is 4. The van der Waals surface area contributed by atoms with Crippen LogP contribution in [0.5, 0.6) is 0 Å². The number of carbonyl (C=O) groups is 2. The van der Waals surface area contributed by atoms with Crippen LogP contribution in [0, 0.1) is 0 Å². The monoisotopic (exact) mass is 372 g/mol. The molecule has 0 radical (unpaired) electrons. The van der Waals surface area contributed by atoms with Crippen LogP contribution in [0.25, 0.3) is 5.57 Å². The van der Waals surface area contributed by atoms with Crippen LogP contribution in [0.2, 0.25) is 0 Å². The summed E-state index contributed by atoms with van der Waals surface area (Å²) in [4.78, 5) is 26.6. The molecule has 5 nitrogen and oxygen atoms in total. The Morgan fingerprint density at radius 1 is 0.929 bits per heavy atom. The van der Waals surface area contributed by atoms with Gasteiger partial charge in [-0.15, -0.1) is 0 Å². The predicted octanol–water partition coefficient (Wildman–Crippen LogP) is 4.46. The minimum Gasteiger partial charge on any atom is -0.459 e. The number of hydrogen-bond donors (Lipinski definition) is 1. The number of nitrogens with zero attached hydrogens (tertiary/aromatic N) is 1. The van der Waals surface area contributed by atoms with Gasteiger partial charge in [0.15, 0.2) is 5.76 Å². The quantitative estimate of drug-likeness (QED) is 0.735. The Kier molecular flexibility index (Phi) is 5.06. The van der Waals surface area contributed by atoms with Crippen molar-refractivity contribution < 1.29 is 14.0 Å². The summed E-state index contributed by atoms with van der Waals surface area (Å²) >= 11 is 0. The first-order chi connectivity index (χ1) is 13.7. The number of amides is 2. The third-order valence-electron chi connectivity index (χ3n) is 4.78. The third kappa shape index (κ3) is 3.88. The molecule has 1 N–H and O–H groups in total. The van der Waals surface area contributed by atoms with Gasteiger partial charge in [0.2, 0.25) is 0 Å². The summed E-state index contributed by atoms with van der Waals surface area (Å²) in [6.07, 6.45) is 4.41. The van der Waals surface area contributed by atoms with Crippen LogP contribution in [0.4, 0.5) is 5.69 Å². The lowest BCUT2D eigenvalue weighted by molar-refractivity contribution is 0.0772. The topological polar surface area (TPSA) is 62.6 Å². The van der Waals surface area contributed by atoms with E-state index < -0.39 is 0 Å². The van der Waals surface area contributed by atoms with Crippen LogP contribution in [0.15, 0.2) is 83.5 Å². The average Bonchev–Trinajstić information content (AvgIpc) is 3.30. The van der Waals surface area contributed by atoms with Gasteiger partial charge >= 0.3 is 0 Å². The SMILES string of the molecule is O=C(Nc1ccc(C(=O)N2CC=C(c3ccccc3)CC2)cc1)c1ccco1. The summed E-state index contributed by atoms with van der Waals surface area (Å²) in [6, 6.07) is 20.4. The lowest BCUT2D eigenvalue weighted by Crippen LogP contribution is -2.34. The van der Waals surface area contributed by atoms with Crippen LogP contribution in [0.3, 0.4) is 0 Å². The van der Waals surface area contributed by atoms with Gasteiger partial charge in [-0.05, 0) is 54.0 Å². The molecule has 4 rings (SSSR count). The normalized spacial score (nSPS) is 13.7. The molecule has 0 unspecified atom stereocenters. The van der Waals surface area contributed by atoms with Gasteiger partial charge in [0.05, 0.1) is 6.26 Å². The van der Waals surface area contributed by atoms with E-state index >= 15 is 0 Å². The fourth-order valence-electron chi connectivity index (χ4n) is 3.25. The first-order valence-electron chi connectivity index (χ1n) is 9.19. The Bertz CT molecular complexity index is 990. The van der Waals surface area contributed by atoms with Crippen molar-refractivity contribution in [2.75, 3.05) is 18.4 Å². The number of anilines is 1. The van der Waals surface area contributed by atoms with Crippen molar-refractivity contribution in [2.45, 2.75) is 6.42 Å². The van der Waals surface area contributed by atoms with Gasteiger partial charge in [0, 0.05) is 24.3 Å². The molecule has 0 spiro atoms. The summed E-state index contributed by atoms with van der Waals surface area (Å²) in [7, 11) is 0. The first-order valence-corrected chi connectivity index (χ1v) is 9.19. The highest BCUT2D eigenvalue weighted by Crippen LogP contribution is 2.23. The van der Waals surface area contributed by atoms with Crippen LogP contribution >= 0.6 is 0 Å². The smallest absolute Gasteiger partial charge is 0.291 e. The zero-order valence-corrected chi connectivity index (χ0v) is 15.3. The highest BCUT2D eigenvalue weighted by Gasteiger charge is 2.19. The molecule has 0 saturated carbocycles. The van der Waals surface area contributed by atoms with Crippen molar-refractivity contribution in [3.8, 4) is 0 Å². The second-order valence-corrected chi connectivity index (χ2v) is 6.61. The van der Waals surface area contributed by atoms with Gasteiger partial charge in [-0.3, -0.25) is 9.59 Å². The predicted molar refractivity (Wildman–Crippen MR) is 108 cm³/mol. The van der Waals surface area contributed by atoms with Crippen molar-refractivity contribution in [1.82, 2.24) is 4.90 Å². The zero-order valence-electron chi connectivity index (χ0n) is 15.3. The van der Waals surface area contributed by atoms with Crippen LogP contribution in [-0.2, 0) is 0 Å². The molecule has 0 aliphatic carbocycles. The molecule has 0 atom stereocenters. The minimum atomic E-state index is -0.321. The number of benzene rings is 2. The lowest BCUT2D eigenvalue weighted by atomic mass is 9.99. The standard InChI is InChI=1S/C23H20N2O3/c26-22(21-7-4-16-28-21)24-20-10-8-19(9-11-20)23(27)25-14-12-18(13-15-25)17-5-2-1-3-6-17/h1-12,16H,13-15H2,(H,24,26). The van der Waals surface area contributed by atoms with Gasteiger partial charge in [-0.2, -0.15) is 0 Å². The van der Waals surface area contributed by atoms with Crippen molar-refractivity contribution >= 4 is 23.1 Å². The first kappa shape index (κ1) is 17.8. The summed E-state index contributed by atoms with van der Waals surface area (Å²) in [5.41, 5.74) is 3.71. The Morgan fingerprint density at radius 2 is 1.71 bits per heavy atom. The fraction of sp³-hybridized carbons (Fsp3) is 0.130. The highest BCUT2D eigenvalue weighted by molar-refractivity contribution is 6.02. The van der Waals surface area contributed by atoms with Gasteiger partial charge in [-0.1, -0.05) is 36.4 Å². The number of nitrogens with one attached hydrogen (secondary N) is 1. The summed E-state index contributed by atoms with van der Waals surface area (Å²) < 4.78 is 5.07. The molecule has 1 aliphatic rings. The van der Waals surface area contributed by atoms with E-state index in [1.165, 1.54) is 17.4 Å². The number of carbonyl (C=O) groups excluding carboxylic acids is 2. The molecule has 5 heteroatoms. The largest absolute Gasteiger partial charge is 0.459 e. The Balaban J connectivity index is 1.39. The summed E-state index contributed by atoms with van der Waals surface area (Å²) in [6.45, 7) is 1.29. The fourth-order valence-corrected chi connectivity index (χ4v) is 3.25. The highest BCUT2D eigenvalue weighted by atomic mass is 16.3. The maximum atomic E-state index is 12.8. The van der Waals surface area contributed by atoms with E-state index in [0.29, 0.717) is 24.3 Å². The second-order valence-electron chi connectivity index (χ2n) is 6.61. The molecule has 2 aromatic carbocycles. The molecule has 0 bridgehead atoms. The van der Waals surface area contributed by atoms with Crippen molar-refractivity contribution in [2.24, 2.45) is 0 Å².